The summed E-state index contributed by atoms with van der Waals surface area (Å²) in [5.41, 5.74) is 5.56. The van der Waals surface area contributed by atoms with Gasteiger partial charge in [0.1, 0.15) is 5.84 Å². The molecule has 3 N–H and O–H groups in total. The SMILES string of the molecule is CCC(C)N=C(N)/C=C\NC. The van der Waals surface area contributed by atoms with Crippen LogP contribution in [0.5, 0.6) is 0 Å². The Morgan fingerprint density at radius 3 is 2.82 bits per heavy atom. The van der Waals surface area contributed by atoms with Crippen LogP contribution in [0.4, 0.5) is 0 Å². The third-order valence-electron chi connectivity index (χ3n) is 1.38. The predicted molar refractivity (Wildman–Crippen MR) is 49.6 cm³/mol. The van der Waals surface area contributed by atoms with Crippen molar-refractivity contribution in [1.82, 2.24) is 5.32 Å². The summed E-state index contributed by atoms with van der Waals surface area (Å²) < 4.78 is 0. The second-order valence-corrected chi connectivity index (χ2v) is 2.43. The number of nitrogens with two attached hydrogens (primary N) is 1. The van der Waals surface area contributed by atoms with Gasteiger partial charge in [-0.15, -0.1) is 0 Å². The van der Waals surface area contributed by atoms with Crippen molar-refractivity contribution in [1.29, 1.82) is 0 Å². The smallest absolute Gasteiger partial charge is 0.119 e. The predicted octanol–water partition coefficient (Wildman–Crippen LogP) is 0.875. The number of nitrogens with zero attached hydrogens (tertiary/aromatic N) is 1. The number of aliphatic imine (C=N–C) groups is 1. The van der Waals surface area contributed by atoms with E-state index < -0.39 is 0 Å². The van der Waals surface area contributed by atoms with Crippen molar-refractivity contribution in [2.45, 2.75) is 26.3 Å². The molecule has 3 nitrogen and oxygen atoms in total. The van der Waals surface area contributed by atoms with Gasteiger partial charge in [-0.05, 0) is 25.6 Å². The molecule has 0 amide bonds. The largest absolute Gasteiger partial charge is 0.394 e. The van der Waals surface area contributed by atoms with Crippen molar-refractivity contribution in [2.24, 2.45) is 10.7 Å². The molecule has 1 unspecified atom stereocenters. The minimum absolute atomic E-state index is 0.316. The fourth-order valence-electron chi connectivity index (χ4n) is 0.558. The molecule has 1 atom stereocenters. The van der Waals surface area contributed by atoms with Gasteiger partial charge in [0.25, 0.3) is 0 Å². The lowest BCUT2D eigenvalue weighted by atomic mass is 10.3. The van der Waals surface area contributed by atoms with E-state index in [1.807, 2.05) is 14.0 Å². The van der Waals surface area contributed by atoms with Gasteiger partial charge in [0.2, 0.25) is 0 Å². The molecule has 11 heavy (non-hydrogen) atoms. The van der Waals surface area contributed by atoms with Gasteiger partial charge in [0, 0.05) is 13.1 Å². The van der Waals surface area contributed by atoms with E-state index >= 15 is 0 Å². The van der Waals surface area contributed by atoms with Gasteiger partial charge >= 0.3 is 0 Å². The fourth-order valence-corrected chi connectivity index (χ4v) is 0.558. The highest BCUT2D eigenvalue weighted by Crippen LogP contribution is 1.94. The average Bonchev–Trinajstić information content (AvgIpc) is 2.00. The third-order valence-corrected chi connectivity index (χ3v) is 1.38. The first kappa shape index (κ1) is 10.0. The molecular weight excluding hydrogens is 138 g/mol. The monoisotopic (exact) mass is 155 g/mol. The topological polar surface area (TPSA) is 50.4 Å². The molecule has 0 saturated heterocycles. The minimum atomic E-state index is 0.316. The number of nitrogens with one attached hydrogen (secondary N) is 1. The van der Waals surface area contributed by atoms with Crippen molar-refractivity contribution >= 4 is 5.84 Å². The Kier molecular flexibility index (Phi) is 5.25. The van der Waals surface area contributed by atoms with Crippen LogP contribution in [0.15, 0.2) is 17.3 Å². The molecule has 64 valence electrons. The normalized spacial score (nSPS) is 15.4. The Bertz CT molecular complexity index is 149. The Morgan fingerprint density at radius 2 is 2.36 bits per heavy atom. The van der Waals surface area contributed by atoms with Crippen LogP contribution in [0.1, 0.15) is 20.3 Å². The van der Waals surface area contributed by atoms with Crippen molar-refractivity contribution in [2.75, 3.05) is 7.05 Å². The van der Waals surface area contributed by atoms with Crippen LogP contribution in [0.3, 0.4) is 0 Å². The molecule has 0 rings (SSSR count). The van der Waals surface area contributed by atoms with Gasteiger partial charge in [-0.2, -0.15) is 0 Å². The van der Waals surface area contributed by atoms with E-state index in [1.165, 1.54) is 0 Å². The van der Waals surface area contributed by atoms with E-state index in [1.54, 1.807) is 12.3 Å². The summed E-state index contributed by atoms with van der Waals surface area (Å²) in [6.45, 7) is 4.13. The van der Waals surface area contributed by atoms with E-state index in [4.69, 9.17) is 5.73 Å². The quantitative estimate of drug-likeness (QED) is 0.467. The van der Waals surface area contributed by atoms with E-state index in [9.17, 15) is 0 Å². The molecule has 0 aromatic carbocycles. The van der Waals surface area contributed by atoms with E-state index in [0.717, 1.165) is 6.42 Å². The first-order valence-electron chi connectivity index (χ1n) is 3.87. The van der Waals surface area contributed by atoms with Crippen LogP contribution < -0.4 is 11.1 Å². The maximum absolute atomic E-state index is 5.56. The molecule has 0 bridgehead atoms. The second-order valence-electron chi connectivity index (χ2n) is 2.43. The summed E-state index contributed by atoms with van der Waals surface area (Å²) in [6.07, 6.45) is 4.54. The van der Waals surface area contributed by atoms with Gasteiger partial charge in [-0.3, -0.25) is 4.99 Å². The summed E-state index contributed by atoms with van der Waals surface area (Å²) in [5, 5.41) is 2.85. The van der Waals surface area contributed by atoms with Crippen LogP contribution >= 0.6 is 0 Å². The van der Waals surface area contributed by atoms with Crippen molar-refractivity contribution < 1.29 is 0 Å². The number of rotatable bonds is 4. The van der Waals surface area contributed by atoms with Crippen LogP contribution in [-0.2, 0) is 0 Å². The van der Waals surface area contributed by atoms with E-state index in [2.05, 4.69) is 17.2 Å². The zero-order valence-electron chi connectivity index (χ0n) is 7.46. The molecular formula is C8H17N3. The molecule has 0 spiro atoms. The Balaban J connectivity index is 3.89. The highest BCUT2D eigenvalue weighted by atomic mass is 14.9. The van der Waals surface area contributed by atoms with Crippen molar-refractivity contribution in [3.05, 3.63) is 12.3 Å². The van der Waals surface area contributed by atoms with Crippen molar-refractivity contribution in [3.63, 3.8) is 0 Å². The Morgan fingerprint density at radius 1 is 1.73 bits per heavy atom. The molecule has 0 saturated carbocycles. The van der Waals surface area contributed by atoms with Crippen LogP contribution in [0, 0.1) is 0 Å². The average molecular weight is 155 g/mol. The molecule has 0 aliphatic rings. The number of amidine groups is 1. The maximum atomic E-state index is 5.56. The summed E-state index contributed by atoms with van der Waals surface area (Å²) in [4.78, 5) is 4.20. The van der Waals surface area contributed by atoms with Gasteiger partial charge in [-0.1, -0.05) is 6.92 Å². The van der Waals surface area contributed by atoms with Crippen LogP contribution in [-0.4, -0.2) is 18.9 Å². The van der Waals surface area contributed by atoms with Crippen molar-refractivity contribution in [3.8, 4) is 0 Å². The first-order chi connectivity index (χ1) is 5.20. The molecule has 3 heteroatoms. The summed E-state index contributed by atoms with van der Waals surface area (Å²) >= 11 is 0. The highest BCUT2D eigenvalue weighted by Gasteiger charge is 1.92. The lowest BCUT2D eigenvalue weighted by molar-refractivity contribution is 0.717. The van der Waals surface area contributed by atoms with Gasteiger partial charge in [0.15, 0.2) is 0 Å². The zero-order chi connectivity index (χ0) is 8.69. The second kappa shape index (κ2) is 5.77. The van der Waals surface area contributed by atoms with Gasteiger partial charge < -0.3 is 11.1 Å². The number of hydrogen-bond acceptors (Lipinski definition) is 2. The molecule has 0 aliphatic heterocycles. The Labute approximate surface area is 68.4 Å². The molecule has 0 aromatic rings. The highest BCUT2D eigenvalue weighted by molar-refractivity contribution is 5.91. The standard InChI is InChI=1S/C8H17N3/c1-4-7(2)11-8(9)5-6-10-3/h5-7,10H,4H2,1-3H3,(H2,9,11)/b6-5-. The molecule has 0 aromatic heterocycles. The van der Waals surface area contributed by atoms with Gasteiger partial charge in [0.05, 0.1) is 0 Å². The van der Waals surface area contributed by atoms with Crippen LogP contribution in [0.25, 0.3) is 0 Å². The molecule has 0 aliphatic carbocycles. The summed E-state index contributed by atoms with van der Waals surface area (Å²) in [7, 11) is 1.83. The summed E-state index contributed by atoms with van der Waals surface area (Å²) in [5.74, 6) is 0.578. The Hall–Kier alpha value is -0.990. The first-order valence-corrected chi connectivity index (χ1v) is 3.87. The summed E-state index contributed by atoms with van der Waals surface area (Å²) in [6, 6.07) is 0.316. The lowest BCUT2D eigenvalue weighted by Gasteiger charge is -2.01. The maximum Gasteiger partial charge on any atom is 0.119 e. The van der Waals surface area contributed by atoms with Crippen LogP contribution in [0.2, 0.25) is 0 Å². The molecule has 0 fully saturated rings. The molecule has 0 heterocycles. The lowest BCUT2D eigenvalue weighted by Crippen LogP contribution is -2.12. The minimum Gasteiger partial charge on any atom is -0.394 e. The fraction of sp³-hybridized carbons (Fsp3) is 0.625. The number of hydrogen-bond donors (Lipinski definition) is 2. The van der Waals surface area contributed by atoms with E-state index in [0.29, 0.717) is 11.9 Å². The zero-order valence-corrected chi connectivity index (χ0v) is 7.46. The van der Waals surface area contributed by atoms with E-state index in [-0.39, 0.29) is 0 Å². The molecule has 0 radical (unpaired) electrons. The third kappa shape index (κ3) is 5.45. The van der Waals surface area contributed by atoms with Gasteiger partial charge in [-0.25, -0.2) is 0 Å².